The van der Waals surface area contributed by atoms with Crippen LogP contribution in [0.15, 0.2) is 30.3 Å². The fourth-order valence-corrected chi connectivity index (χ4v) is 1.04. The number of nitrogens with two attached hydrogens (primary N) is 1. The molecule has 0 amide bonds. The summed E-state index contributed by atoms with van der Waals surface area (Å²) in [6, 6.07) is 9.99. The van der Waals surface area contributed by atoms with Gasteiger partial charge in [-0.25, -0.2) is 4.57 Å². The number of phosphoric acid groups is 1. The van der Waals surface area contributed by atoms with Crippen LogP contribution in [0.4, 0.5) is 0 Å². The van der Waals surface area contributed by atoms with E-state index in [1.807, 2.05) is 30.3 Å². The molecule has 0 atom stereocenters. The summed E-state index contributed by atoms with van der Waals surface area (Å²) in [4.78, 5) is 8.02. The van der Waals surface area contributed by atoms with Gasteiger partial charge in [0.1, 0.15) is 0 Å². The summed E-state index contributed by atoms with van der Waals surface area (Å²) in [6.45, 7) is 0.592. The van der Waals surface area contributed by atoms with Crippen LogP contribution in [0.5, 0.6) is 0 Å². The van der Waals surface area contributed by atoms with Crippen LogP contribution < -0.4 is 5.73 Å². The summed E-state index contributed by atoms with van der Waals surface area (Å²) in [5.74, 6) is 0. The van der Waals surface area contributed by atoms with E-state index in [0.29, 0.717) is 6.54 Å². The van der Waals surface area contributed by atoms with Crippen molar-refractivity contribution >= 4 is 7.82 Å². The zero-order chi connectivity index (χ0) is 10.4. The first-order chi connectivity index (χ1) is 6.64. The van der Waals surface area contributed by atoms with Crippen molar-refractivity contribution in [1.82, 2.24) is 0 Å². The van der Waals surface area contributed by atoms with E-state index >= 15 is 0 Å². The molecule has 1 heterocycles. The van der Waals surface area contributed by atoms with E-state index in [2.05, 4.69) is 9.05 Å². The van der Waals surface area contributed by atoms with E-state index in [1.165, 1.54) is 5.56 Å². The lowest BCUT2D eigenvalue weighted by molar-refractivity contribution is -0.0265. The van der Waals surface area contributed by atoms with Crippen molar-refractivity contribution in [3.05, 3.63) is 35.9 Å². The quantitative estimate of drug-likeness (QED) is 0.691. The summed E-state index contributed by atoms with van der Waals surface area (Å²) in [5, 5.41) is 0. The van der Waals surface area contributed by atoms with Gasteiger partial charge >= 0.3 is 7.82 Å². The summed E-state index contributed by atoms with van der Waals surface area (Å²) < 4.78 is 17.8. The zero-order valence-electron chi connectivity index (χ0n) is 7.50. The molecular formula is C8H12NO4P. The van der Waals surface area contributed by atoms with Gasteiger partial charge in [-0.05, 0) is 5.56 Å². The van der Waals surface area contributed by atoms with E-state index in [9.17, 15) is 4.57 Å². The molecular weight excluding hydrogens is 205 g/mol. The van der Waals surface area contributed by atoms with Crippen molar-refractivity contribution in [3.8, 4) is 0 Å². The molecule has 0 saturated carbocycles. The van der Waals surface area contributed by atoms with Crippen LogP contribution in [0.3, 0.4) is 0 Å². The molecule has 0 radical (unpaired) electrons. The lowest BCUT2D eigenvalue weighted by Gasteiger charge is -2.18. The Morgan fingerprint density at radius 3 is 2.07 bits per heavy atom. The number of hydrogen-bond acceptors (Lipinski definition) is 4. The molecule has 3 N–H and O–H groups in total. The van der Waals surface area contributed by atoms with Gasteiger partial charge in [-0.1, -0.05) is 30.3 Å². The number of phosphoric ester groups is 1. The Morgan fingerprint density at radius 2 is 1.86 bits per heavy atom. The summed E-state index contributed by atoms with van der Waals surface area (Å²) in [5.41, 5.74) is 6.54. The van der Waals surface area contributed by atoms with Gasteiger partial charge in [-0.2, -0.15) is 0 Å². The third-order valence-electron chi connectivity index (χ3n) is 1.51. The first-order valence-corrected chi connectivity index (χ1v) is 5.49. The molecule has 0 spiro atoms. The molecule has 0 bridgehead atoms. The molecule has 14 heavy (non-hydrogen) atoms. The molecule has 1 aliphatic heterocycles. The fourth-order valence-electron chi connectivity index (χ4n) is 0.757. The van der Waals surface area contributed by atoms with Gasteiger partial charge in [0.05, 0.1) is 0 Å². The smallest absolute Gasteiger partial charge is 0.326 e. The van der Waals surface area contributed by atoms with Crippen molar-refractivity contribution in [2.75, 3.05) is 6.79 Å². The summed E-state index contributed by atoms with van der Waals surface area (Å²) in [7, 11) is -3.47. The number of hydrogen-bond donors (Lipinski definition) is 2. The zero-order valence-corrected chi connectivity index (χ0v) is 8.39. The molecule has 1 aromatic rings. The van der Waals surface area contributed by atoms with Gasteiger partial charge < -0.3 is 10.6 Å². The van der Waals surface area contributed by atoms with E-state index in [4.69, 9.17) is 10.6 Å². The fraction of sp³-hybridized carbons (Fsp3) is 0.250. The Morgan fingerprint density at radius 1 is 1.36 bits per heavy atom. The van der Waals surface area contributed by atoms with Crippen LogP contribution in [-0.4, -0.2) is 11.7 Å². The highest BCUT2D eigenvalue weighted by molar-refractivity contribution is 7.48. The highest BCUT2D eigenvalue weighted by atomic mass is 31.2. The predicted octanol–water partition coefficient (Wildman–Crippen LogP) is 1.24. The molecule has 0 aromatic heterocycles. The monoisotopic (exact) mass is 217 g/mol. The standard InChI is InChI=1S/C7H9N.CH3O4P/c8-6-7-4-2-1-3-5-7;2-6(3)4-1-5-6/h1-5H,6,8H2;1H2,(H,2,3). The first kappa shape index (κ1) is 11.4. The van der Waals surface area contributed by atoms with Crippen LogP contribution in [-0.2, 0) is 20.2 Å². The van der Waals surface area contributed by atoms with Gasteiger partial charge in [0.25, 0.3) is 0 Å². The van der Waals surface area contributed by atoms with Gasteiger partial charge in [0, 0.05) is 6.54 Å². The van der Waals surface area contributed by atoms with E-state index in [1.54, 1.807) is 0 Å². The SMILES string of the molecule is NCc1ccccc1.O=P1(O)OCO1. The van der Waals surface area contributed by atoms with Crippen molar-refractivity contribution < 1.29 is 18.5 Å². The van der Waals surface area contributed by atoms with Crippen molar-refractivity contribution in [2.45, 2.75) is 6.54 Å². The second-order valence-corrected chi connectivity index (χ2v) is 3.99. The maximum absolute atomic E-state index is 9.78. The van der Waals surface area contributed by atoms with Crippen LogP contribution >= 0.6 is 7.82 Å². The van der Waals surface area contributed by atoms with Crippen molar-refractivity contribution in [1.29, 1.82) is 0 Å². The first-order valence-electron chi connectivity index (χ1n) is 4.00. The highest BCUT2D eigenvalue weighted by Crippen LogP contribution is 2.50. The molecule has 2 rings (SSSR count). The molecule has 0 aliphatic carbocycles. The van der Waals surface area contributed by atoms with E-state index < -0.39 is 7.82 Å². The van der Waals surface area contributed by atoms with Crippen LogP contribution in [0.25, 0.3) is 0 Å². The van der Waals surface area contributed by atoms with Gasteiger partial charge in [-0.3, -0.25) is 9.05 Å². The third kappa shape index (κ3) is 4.00. The molecule has 1 fully saturated rings. The Bertz CT molecular complexity index is 308. The van der Waals surface area contributed by atoms with Crippen LogP contribution in [0, 0.1) is 0 Å². The summed E-state index contributed by atoms with van der Waals surface area (Å²) in [6.07, 6.45) is 0. The molecule has 1 aliphatic rings. The molecule has 1 saturated heterocycles. The summed E-state index contributed by atoms with van der Waals surface area (Å²) >= 11 is 0. The average Bonchev–Trinajstić information content (AvgIpc) is 2.18. The van der Waals surface area contributed by atoms with Gasteiger partial charge in [0.2, 0.25) is 0 Å². The van der Waals surface area contributed by atoms with Crippen molar-refractivity contribution in [2.24, 2.45) is 5.73 Å². The maximum Gasteiger partial charge on any atom is 0.476 e. The average molecular weight is 217 g/mol. The Kier molecular flexibility index (Phi) is 4.25. The lowest BCUT2D eigenvalue weighted by atomic mass is 10.2. The van der Waals surface area contributed by atoms with Crippen molar-refractivity contribution in [3.63, 3.8) is 0 Å². The van der Waals surface area contributed by atoms with E-state index in [0.717, 1.165) is 0 Å². The molecule has 78 valence electrons. The van der Waals surface area contributed by atoms with Gasteiger partial charge in [0.15, 0.2) is 6.79 Å². The third-order valence-corrected chi connectivity index (χ3v) is 2.37. The Hall–Kier alpha value is -0.710. The number of benzene rings is 1. The minimum Gasteiger partial charge on any atom is -0.326 e. The van der Waals surface area contributed by atoms with Crippen LogP contribution in [0.2, 0.25) is 0 Å². The number of rotatable bonds is 1. The predicted molar refractivity (Wildman–Crippen MR) is 51.2 cm³/mol. The van der Waals surface area contributed by atoms with Crippen LogP contribution in [0.1, 0.15) is 5.56 Å². The Balaban J connectivity index is 0.000000146. The topological polar surface area (TPSA) is 81.8 Å². The highest BCUT2D eigenvalue weighted by Gasteiger charge is 2.30. The molecule has 1 aromatic carbocycles. The van der Waals surface area contributed by atoms with Gasteiger partial charge in [-0.15, -0.1) is 0 Å². The largest absolute Gasteiger partial charge is 0.476 e. The maximum atomic E-state index is 9.78. The van der Waals surface area contributed by atoms with E-state index in [-0.39, 0.29) is 6.79 Å². The minimum atomic E-state index is -3.47. The molecule has 5 nitrogen and oxygen atoms in total. The molecule has 0 unspecified atom stereocenters. The Labute approximate surface area is 82.1 Å². The normalized spacial score (nSPS) is 17.6. The second kappa shape index (κ2) is 5.24. The second-order valence-electron chi connectivity index (χ2n) is 2.53. The minimum absolute atomic E-state index is 0.0478. The lowest BCUT2D eigenvalue weighted by Crippen LogP contribution is -2.08. The molecule has 6 heteroatoms.